The zero-order valence-corrected chi connectivity index (χ0v) is 16.1. The third kappa shape index (κ3) is 2.66. The maximum absolute atomic E-state index is 13.7. The highest BCUT2D eigenvalue weighted by atomic mass is 16.2. The quantitative estimate of drug-likeness (QED) is 0.835. The molecule has 2 heterocycles. The lowest BCUT2D eigenvalue weighted by Gasteiger charge is -2.65. The summed E-state index contributed by atoms with van der Waals surface area (Å²) in [6.07, 6.45) is 8.81. The standard InChI is InChI=1S/C21H35N3O/c1-19-9-16-10-20(2,13-19)15-21(11-16,14-19)18(25)24-6-3-17(12-24)23-7-4-22-5-8-23/h16-17,22H,3-15H2,1-2H3. The molecule has 4 nitrogen and oxygen atoms in total. The van der Waals surface area contributed by atoms with Crippen molar-refractivity contribution >= 4 is 5.91 Å². The van der Waals surface area contributed by atoms with Crippen LogP contribution in [0.2, 0.25) is 0 Å². The van der Waals surface area contributed by atoms with Gasteiger partial charge in [0.1, 0.15) is 0 Å². The molecule has 140 valence electrons. The molecule has 0 aromatic rings. The summed E-state index contributed by atoms with van der Waals surface area (Å²) >= 11 is 0. The molecule has 1 amide bonds. The Morgan fingerprint density at radius 2 is 1.64 bits per heavy atom. The fraction of sp³-hybridized carbons (Fsp3) is 0.952. The molecule has 2 aliphatic heterocycles. The summed E-state index contributed by atoms with van der Waals surface area (Å²) < 4.78 is 0. The van der Waals surface area contributed by atoms with Gasteiger partial charge in [-0.25, -0.2) is 0 Å². The Bertz CT molecular complexity index is 551. The first kappa shape index (κ1) is 16.6. The van der Waals surface area contributed by atoms with Gasteiger partial charge in [-0.1, -0.05) is 13.8 Å². The molecule has 25 heavy (non-hydrogen) atoms. The van der Waals surface area contributed by atoms with Crippen molar-refractivity contribution in [3.63, 3.8) is 0 Å². The number of carbonyl (C=O) groups excluding carboxylic acids is 1. The summed E-state index contributed by atoms with van der Waals surface area (Å²) in [4.78, 5) is 18.6. The Hall–Kier alpha value is -0.610. The van der Waals surface area contributed by atoms with Crippen LogP contribution in [0.15, 0.2) is 0 Å². The van der Waals surface area contributed by atoms with Gasteiger partial charge in [-0.05, 0) is 61.7 Å². The normalized spacial score (nSPS) is 49.8. The first-order valence-corrected chi connectivity index (χ1v) is 10.6. The largest absolute Gasteiger partial charge is 0.341 e. The minimum Gasteiger partial charge on any atom is -0.341 e. The van der Waals surface area contributed by atoms with Crippen LogP contribution >= 0.6 is 0 Å². The Kier molecular flexibility index (Phi) is 3.61. The average Bonchev–Trinajstić information content (AvgIpc) is 3.01. The third-order valence-corrected chi connectivity index (χ3v) is 8.20. The van der Waals surface area contributed by atoms with E-state index in [1.54, 1.807) is 0 Å². The molecule has 2 saturated heterocycles. The molecule has 4 aliphatic carbocycles. The van der Waals surface area contributed by atoms with Crippen molar-refractivity contribution in [3.8, 4) is 0 Å². The molecular formula is C21H35N3O. The molecule has 4 heteroatoms. The van der Waals surface area contributed by atoms with E-state index in [1.807, 2.05) is 0 Å². The van der Waals surface area contributed by atoms with E-state index in [1.165, 1.54) is 44.9 Å². The SMILES string of the molecule is CC12CC3CC(C)(C1)CC(C(=O)N1CCC(N4CCNCC4)C1)(C3)C2. The molecule has 0 aromatic carbocycles. The molecule has 0 spiro atoms. The number of carbonyl (C=O) groups is 1. The van der Waals surface area contributed by atoms with E-state index < -0.39 is 0 Å². The number of hydrogen-bond donors (Lipinski definition) is 1. The fourth-order valence-corrected chi connectivity index (χ4v) is 8.29. The number of piperazine rings is 1. The molecule has 0 aromatic heterocycles. The van der Waals surface area contributed by atoms with Crippen LogP contribution in [-0.4, -0.2) is 61.0 Å². The summed E-state index contributed by atoms with van der Waals surface area (Å²) in [5.74, 6) is 1.34. The average molecular weight is 346 g/mol. The molecule has 4 bridgehead atoms. The van der Waals surface area contributed by atoms with E-state index in [0.29, 0.717) is 22.8 Å². The molecule has 3 atom stereocenters. The van der Waals surface area contributed by atoms with E-state index in [9.17, 15) is 4.79 Å². The predicted molar refractivity (Wildman–Crippen MR) is 99.3 cm³/mol. The van der Waals surface area contributed by atoms with E-state index in [-0.39, 0.29) is 5.41 Å². The highest BCUT2D eigenvalue weighted by Crippen LogP contribution is 2.69. The van der Waals surface area contributed by atoms with Crippen LogP contribution in [0.3, 0.4) is 0 Å². The first-order valence-electron chi connectivity index (χ1n) is 10.6. The van der Waals surface area contributed by atoms with Crippen molar-refractivity contribution in [3.05, 3.63) is 0 Å². The Morgan fingerprint density at radius 1 is 0.960 bits per heavy atom. The zero-order chi connectivity index (χ0) is 17.3. The predicted octanol–water partition coefficient (Wildman–Crippen LogP) is 2.49. The molecule has 1 N–H and O–H groups in total. The van der Waals surface area contributed by atoms with E-state index in [2.05, 4.69) is 29.0 Å². The molecule has 6 aliphatic rings. The lowest BCUT2D eigenvalue weighted by Crippen LogP contribution is -2.60. The van der Waals surface area contributed by atoms with Gasteiger partial charge in [-0.15, -0.1) is 0 Å². The van der Waals surface area contributed by atoms with Gasteiger partial charge in [0.05, 0.1) is 5.41 Å². The van der Waals surface area contributed by atoms with Crippen molar-refractivity contribution in [1.82, 2.24) is 15.1 Å². The number of hydrogen-bond acceptors (Lipinski definition) is 3. The second kappa shape index (κ2) is 5.45. The zero-order valence-electron chi connectivity index (χ0n) is 16.1. The molecule has 4 saturated carbocycles. The second-order valence-corrected chi connectivity index (χ2v) is 10.9. The van der Waals surface area contributed by atoms with Gasteiger partial charge in [0.15, 0.2) is 0 Å². The monoisotopic (exact) mass is 345 g/mol. The number of rotatable bonds is 2. The summed E-state index contributed by atoms with van der Waals surface area (Å²) in [6.45, 7) is 11.4. The van der Waals surface area contributed by atoms with Crippen LogP contribution in [-0.2, 0) is 4.79 Å². The molecular weight excluding hydrogens is 310 g/mol. The van der Waals surface area contributed by atoms with Gasteiger partial charge in [-0.3, -0.25) is 9.69 Å². The number of amides is 1. The van der Waals surface area contributed by atoms with Crippen LogP contribution in [0.4, 0.5) is 0 Å². The summed E-state index contributed by atoms with van der Waals surface area (Å²) in [5, 5.41) is 3.45. The molecule has 6 rings (SSSR count). The minimum absolute atomic E-state index is 0.0126. The fourth-order valence-electron chi connectivity index (χ4n) is 8.29. The minimum atomic E-state index is -0.0126. The van der Waals surface area contributed by atoms with Crippen molar-refractivity contribution in [1.29, 1.82) is 0 Å². The number of nitrogens with one attached hydrogen (secondary N) is 1. The molecule has 3 unspecified atom stereocenters. The second-order valence-electron chi connectivity index (χ2n) is 10.9. The van der Waals surface area contributed by atoms with Gasteiger partial charge in [0.25, 0.3) is 0 Å². The Labute approximate surface area is 152 Å². The number of likely N-dealkylation sites (tertiary alicyclic amines) is 1. The van der Waals surface area contributed by atoms with E-state index in [4.69, 9.17) is 0 Å². The van der Waals surface area contributed by atoms with Crippen molar-refractivity contribution in [2.75, 3.05) is 39.3 Å². The van der Waals surface area contributed by atoms with E-state index in [0.717, 1.165) is 45.2 Å². The van der Waals surface area contributed by atoms with Crippen LogP contribution in [0.1, 0.15) is 58.8 Å². The Balaban J connectivity index is 1.33. The lowest BCUT2D eigenvalue weighted by molar-refractivity contribution is -0.178. The smallest absolute Gasteiger partial charge is 0.228 e. The van der Waals surface area contributed by atoms with Gasteiger partial charge in [0, 0.05) is 45.3 Å². The summed E-state index contributed by atoms with van der Waals surface area (Å²) in [7, 11) is 0. The first-order chi connectivity index (χ1) is 11.9. The maximum Gasteiger partial charge on any atom is 0.228 e. The molecule has 6 fully saturated rings. The Morgan fingerprint density at radius 3 is 2.28 bits per heavy atom. The van der Waals surface area contributed by atoms with Crippen LogP contribution in [0.5, 0.6) is 0 Å². The van der Waals surface area contributed by atoms with Gasteiger partial charge >= 0.3 is 0 Å². The van der Waals surface area contributed by atoms with Crippen molar-refractivity contribution in [2.24, 2.45) is 22.2 Å². The molecule has 0 radical (unpaired) electrons. The lowest BCUT2D eigenvalue weighted by atomic mass is 9.40. The summed E-state index contributed by atoms with van der Waals surface area (Å²) in [5.41, 5.74) is 0.851. The maximum atomic E-state index is 13.7. The highest BCUT2D eigenvalue weighted by molar-refractivity contribution is 5.84. The van der Waals surface area contributed by atoms with Gasteiger partial charge in [-0.2, -0.15) is 0 Å². The van der Waals surface area contributed by atoms with Crippen molar-refractivity contribution < 1.29 is 4.79 Å². The van der Waals surface area contributed by atoms with Gasteiger partial charge in [0.2, 0.25) is 5.91 Å². The van der Waals surface area contributed by atoms with E-state index >= 15 is 0 Å². The van der Waals surface area contributed by atoms with Crippen LogP contribution in [0, 0.1) is 22.2 Å². The highest BCUT2D eigenvalue weighted by Gasteiger charge is 2.63. The van der Waals surface area contributed by atoms with Gasteiger partial charge < -0.3 is 10.2 Å². The third-order valence-electron chi connectivity index (χ3n) is 8.20. The number of nitrogens with zero attached hydrogens (tertiary/aromatic N) is 2. The summed E-state index contributed by atoms with van der Waals surface area (Å²) in [6, 6.07) is 0.603. The van der Waals surface area contributed by atoms with Crippen LogP contribution < -0.4 is 5.32 Å². The van der Waals surface area contributed by atoms with Crippen LogP contribution in [0.25, 0.3) is 0 Å². The van der Waals surface area contributed by atoms with Crippen molar-refractivity contribution in [2.45, 2.75) is 64.8 Å². The topological polar surface area (TPSA) is 35.6 Å².